The predicted molar refractivity (Wildman–Crippen MR) is 95.2 cm³/mol. The summed E-state index contributed by atoms with van der Waals surface area (Å²) in [7, 11) is 0. The van der Waals surface area contributed by atoms with Crippen molar-refractivity contribution in [2.75, 3.05) is 18.8 Å². The first-order valence-corrected chi connectivity index (χ1v) is 8.33. The van der Waals surface area contributed by atoms with E-state index in [0.717, 1.165) is 42.2 Å². The SMILES string of the molecule is Nc1ccc(-c2nc3ccccc3n2CC2CCNCC2)cc1. The highest BCUT2D eigenvalue weighted by Gasteiger charge is 2.18. The van der Waals surface area contributed by atoms with Gasteiger partial charge < -0.3 is 15.6 Å². The standard InChI is InChI=1S/C19H22N4/c20-16-7-5-15(6-8-16)19-22-17-3-1-2-4-18(17)23(19)13-14-9-11-21-12-10-14/h1-8,14,21H,9-13,20H2. The maximum absolute atomic E-state index is 5.83. The molecule has 2 heterocycles. The lowest BCUT2D eigenvalue weighted by molar-refractivity contribution is 0.337. The number of nitrogen functional groups attached to an aromatic ring is 1. The van der Waals surface area contributed by atoms with Crippen molar-refractivity contribution in [1.29, 1.82) is 0 Å². The Hall–Kier alpha value is -2.33. The molecule has 0 unspecified atom stereocenters. The van der Waals surface area contributed by atoms with Crippen LogP contribution in [0.4, 0.5) is 5.69 Å². The Labute approximate surface area is 136 Å². The van der Waals surface area contributed by atoms with Crippen LogP contribution in [-0.4, -0.2) is 22.6 Å². The Balaban J connectivity index is 1.79. The van der Waals surface area contributed by atoms with E-state index in [4.69, 9.17) is 10.7 Å². The summed E-state index contributed by atoms with van der Waals surface area (Å²) in [6.45, 7) is 3.27. The van der Waals surface area contributed by atoms with E-state index in [1.807, 2.05) is 12.1 Å². The zero-order chi connectivity index (χ0) is 15.6. The number of benzene rings is 2. The number of anilines is 1. The number of nitrogens with zero attached hydrogens (tertiary/aromatic N) is 2. The molecule has 1 fully saturated rings. The van der Waals surface area contributed by atoms with Crippen LogP contribution >= 0.6 is 0 Å². The highest BCUT2D eigenvalue weighted by Crippen LogP contribution is 2.28. The smallest absolute Gasteiger partial charge is 0.141 e. The van der Waals surface area contributed by atoms with E-state index < -0.39 is 0 Å². The van der Waals surface area contributed by atoms with Gasteiger partial charge in [-0.3, -0.25) is 0 Å². The Bertz CT molecular complexity index is 798. The normalized spacial score (nSPS) is 16.0. The summed E-state index contributed by atoms with van der Waals surface area (Å²) in [5, 5.41) is 3.45. The molecule has 0 spiro atoms. The molecule has 1 saturated heterocycles. The average molecular weight is 306 g/mol. The Morgan fingerprint density at radius 1 is 1.04 bits per heavy atom. The zero-order valence-electron chi connectivity index (χ0n) is 13.2. The lowest BCUT2D eigenvalue weighted by atomic mass is 9.98. The molecular weight excluding hydrogens is 284 g/mol. The lowest BCUT2D eigenvalue weighted by Gasteiger charge is -2.24. The summed E-state index contributed by atoms with van der Waals surface area (Å²) in [6, 6.07) is 16.4. The fraction of sp³-hybridized carbons (Fsp3) is 0.316. The third kappa shape index (κ3) is 2.82. The molecule has 23 heavy (non-hydrogen) atoms. The van der Waals surface area contributed by atoms with E-state index in [2.05, 4.69) is 46.3 Å². The highest BCUT2D eigenvalue weighted by molar-refractivity contribution is 5.80. The summed E-state index contributed by atoms with van der Waals surface area (Å²) in [5.74, 6) is 1.76. The molecule has 0 bridgehead atoms. The Morgan fingerprint density at radius 2 is 1.78 bits per heavy atom. The maximum Gasteiger partial charge on any atom is 0.141 e. The fourth-order valence-electron chi connectivity index (χ4n) is 3.44. The third-order valence-corrected chi connectivity index (χ3v) is 4.72. The number of fused-ring (bicyclic) bond motifs is 1. The van der Waals surface area contributed by atoms with Crippen molar-refractivity contribution >= 4 is 16.7 Å². The molecule has 0 saturated carbocycles. The summed E-state index contributed by atoms with van der Waals surface area (Å²) in [4.78, 5) is 4.88. The summed E-state index contributed by atoms with van der Waals surface area (Å²) < 4.78 is 2.39. The molecule has 4 nitrogen and oxygen atoms in total. The summed E-state index contributed by atoms with van der Waals surface area (Å²) in [6.07, 6.45) is 2.46. The summed E-state index contributed by atoms with van der Waals surface area (Å²) in [5.41, 5.74) is 10.0. The molecular formula is C19H22N4. The minimum Gasteiger partial charge on any atom is -0.399 e. The van der Waals surface area contributed by atoms with Crippen LogP contribution in [0.25, 0.3) is 22.4 Å². The molecule has 0 amide bonds. The molecule has 0 atom stereocenters. The quantitative estimate of drug-likeness (QED) is 0.730. The van der Waals surface area contributed by atoms with E-state index in [1.165, 1.54) is 18.4 Å². The molecule has 118 valence electrons. The van der Waals surface area contributed by atoms with Crippen molar-refractivity contribution in [2.24, 2.45) is 5.92 Å². The van der Waals surface area contributed by atoms with Gasteiger partial charge in [-0.15, -0.1) is 0 Å². The number of hydrogen-bond donors (Lipinski definition) is 2. The second-order valence-electron chi connectivity index (χ2n) is 6.35. The van der Waals surface area contributed by atoms with Gasteiger partial charge in [0.1, 0.15) is 5.82 Å². The van der Waals surface area contributed by atoms with Gasteiger partial charge in [0.05, 0.1) is 11.0 Å². The minimum atomic E-state index is 0.710. The third-order valence-electron chi connectivity index (χ3n) is 4.72. The van der Waals surface area contributed by atoms with E-state index in [0.29, 0.717) is 5.92 Å². The number of piperidine rings is 1. The molecule has 3 aromatic rings. The number of hydrogen-bond acceptors (Lipinski definition) is 3. The number of imidazole rings is 1. The van der Waals surface area contributed by atoms with Crippen molar-refractivity contribution in [1.82, 2.24) is 14.9 Å². The molecule has 2 aromatic carbocycles. The number of nitrogens with one attached hydrogen (secondary N) is 1. The first-order chi connectivity index (χ1) is 11.3. The molecule has 1 aromatic heterocycles. The maximum atomic E-state index is 5.83. The van der Waals surface area contributed by atoms with E-state index in [9.17, 15) is 0 Å². The van der Waals surface area contributed by atoms with Crippen LogP contribution in [0.5, 0.6) is 0 Å². The Morgan fingerprint density at radius 3 is 2.57 bits per heavy atom. The second kappa shape index (κ2) is 6.05. The van der Waals surface area contributed by atoms with Gasteiger partial charge in [-0.25, -0.2) is 4.98 Å². The average Bonchev–Trinajstić information content (AvgIpc) is 2.95. The predicted octanol–water partition coefficient (Wildman–Crippen LogP) is 3.29. The van der Waals surface area contributed by atoms with Crippen LogP contribution in [0.15, 0.2) is 48.5 Å². The summed E-state index contributed by atoms with van der Waals surface area (Å²) >= 11 is 0. The number of nitrogens with two attached hydrogens (primary N) is 1. The van der Waals surface area contributed by atoms with Crippen LogP contribution in [0.1, 0.15) is 12.8 Å². The zero-order valence-corrected chi connectivity index (χ0v) is 13.2. The van der Waals surface area contributed by atoms with Crippen molar-refractivity contribution < 1.29 is 0 Å². The highest BCUT2D eigenvalue weighted by atomic mass is 15.1. The van der Waals surface area contributed by atoms with Crippen molar-refractivity contribution in [3.05, 3.63) is 48.5 Å². The van der Waals surface area contributed by atoms with Gasteiger partial charge >= 0.3 is 0 Å². The minimum absolute atomic E-state index is 0.710. The first kappa shape index (κ1) is 14.3. The molecule has 4 rings (SSSR count). The van der Waals surface area contributed by atoms with Crippen LogP contribution in [0.2, 0.25) is 0 Å². The molecule has 4 heteroatoms. The van der Waals surface area contributed by atoms with Crippen LogP contribution in [0.3, 0.4) is 0 Å². The largest absolute Gasteiger partial charge is 0.399 e. The molecule has 0 radical (unpaired) electrons. The monoisotopic (exact) mass is 306 g/mol. The topological polar surface area (TPSA) is 55.9 Å². The van der Waals surface area contributed by atoms with Gasteiger partial charge in [0.15, 0.2) is 0 Å². The number of rotatable bonds is 3. The van der Waals surface area contributed by atoms with Gasteiger partial charge in [0.25, 0.3) is 0 Å². The second-order valence-corrected chi connectivity index (χ2v) is 6.35. The van der Waals surface area contributed by atoms with E-state index >= 15 is 0 Å². The molecule has 1 aliphatic rings. The first-order valence-electron chi connectivity index (χ1n) is 8.33. The van der Waals surface area contributed by atoms with Crippen molar-refractivity contribution in [2.45, 2.75) is 19.4 Å². The van der Waals surface area contributed by atoms with Gasteiger partial charge in [0.2, 0.25) is 0 Å². The number of para-hydroxylation sites is 2. The van der Waals surface area contributed by atoms with Crippen LogP contribution in [0, 0.1) is 5.92 Å². The van der Waals surface area contributed by atoms with Gasteiger partial charge in [-0.2, -0.15) is 0 Å². The van der Waals surface area contributed by atoms with E-state index in [1.54, 1.807) is 0 Å². The fourth-order valence-corrected chi connectivity index (χ4v) is 3.44. The molecule has 1 aliphatic heterocycles. The van der Waals surface area contributed by atoms with Crippen LogP contribution < -0.4 is 11.1 Å². The van der Waals surface area contributed by atoms with Crippen molar-refractivity contribution in [3.8, 4) is 11.4 Å². The van der Waals surface area contributed by atoms with Gasteiger partial charge in [-0.1, -0.05) is 12.1 Å². The van der Waals surface area contributed by atoms with Gasteiger partial charge in [0, 0.05) is 17.8 Å². The lowest BCUT2D eigenvalue weighted by Crippen LogP contribution is -2.30. The number of aromatic nitrogens is 2. The molecule has 0 aliphatic carbocycles. The van der Waals surface area contributed by atoms with Crippen molar-refractivity contribution in [3.63, 3.8) is 0 Å². The van der Waals surface area contributed by atoms with E-state index in [-0.39, 0.29) is 0 Å². The molecule has 3 N–H and O–H groups in total. The van der Waals surface area contributed by atoms with Gasteiger partial charge in [-0.05, 0) is 68.2 Å². The van der Waals surface area contributed by atoms with Crippen LogP contribution in [-0.2, 0) is 6.54 Å². The Kier molecular flexibility index (Phi) is 3.75.